The number of hydrogen-bond acceptors (Lipinski definition) is 6. The van der Waals surface area contributed by atoms with E-state index >= 15 is 0 Å². The van der Waals surface area contributed by atoms with Crippen molar-refractivity contribution in [2.45, 2.75) is 47.7 Å². The van der Waals surface area contributed by atoms with Crippen LogP contribution in [0.5, 0.6) is 0 Å². The van der Waals surface area contributed by atoms with E-state index < -0.39 is 0 Å². The third kappa shape index (κ3) is 3.62. The van der Waals surface area contributed by atoms with E-state index in [1.165, 1.54) is 22.6 Å². The van der Waals surface area contributed by atoms with Crippen molar-refractivity contribution in [3.8, 4) is 0 Å². The van der Waals surface area contributed by atoms with Gasteiger partial charge in [-0.1, -0.05) is 29.1 Å². The van der Waals surface area contributed by atoms with Gasteiger partial charge in [-0.05, 0) is 61.4 Å². The first-order valence-electron chi connectivity index (χ1n) is 8.43. The van der Waals surface area contributed by atoms with Crippen LogP contribution in [-0.2, 0) is 15.1 Å². The molecule has 0 spiro atoms. The minimum absolute atomic E-state index is 0.0232. The average molecular weight is 376 g/mol. The molecule has 1 N–H and O–H groups in total. The van der Waals surface area contributed by atoms with Crippen molar-refractivity contribution in [2.24, 2.45) is 11.1 Å². The molecule has 2 unspecified atom stereocenters. The normalized spacial score (nSPS) is 27.0. The molecule has 2 aliphatic rings. The van der Waals surface area contributed by atoms with Gasteiger partial charge in [0.05, 0.1) is 16.5 Å². The highest BCUT2D eigenvalue weighted by molar-refractivity contribution is 8.01. The van der Waals surface area contributed by atoms with Gasteiger partial charge in [0.2, 0.25) is 0 Å². The second-order valence-corrected chi connectivity index (χ2v) is 9.12. The zero-order valence-corrected chi connectivity index (χ0v) is 15.9. The Morgan fingerprint density at radius 2 is 2.08 bits per heavy atom. The van der Waals surface area contributed by atoms with Crippen molar-refractivity contribution >= 4 is 28.8 Å². The molecule has 1 saturated carbocycles. The Hall–Kier alpha value is -1.34. The summed E-state index contributed by atoms with van der Waals surface area (Å²) in [5.41, 5.74) is 2.41. The molecule has 4 nitrogen and oxygen atoms in total. The van der Waals surface area contributed by atoms with Gasteiger partial charge in [-0.3, -0.25) is 0 Å². The molecule has 1 aliphatic heterocycles. The van der Waals surface area contributed by atoms with Crippen LogP contribution in [0.15, 0.2) is 50.0 Å². The number of rotatable bonds is 5. The van der Waals surface area contributed by atoms with Crippen LogP contribution in [-0.4, -0.2) is 23.8 Å². The van der Waals surface area contributed by atoms with Crippen LogP contribution in [0.3, 0.4) is 0 Å². The molecule has 2 fully saturated rings. The lowest BCUT2D eigenvalue weighted by molar-refractivity contribution is -0.0985. The lowest BCUT2D eigenvalue weighted by Gasteiger charge is -2.21. The quantitative estimate of drug-likeness (QED) is 0.449. The van der Waals surface area contributed by atoms with Gasteiger partial charge < -0.3 is 14.7 Å². The van der Waals surface area contributed by atoms with E-state index in [1.807, 2.05) is 24.3 Å². The molecule has 132 valence electrons. The second-order valence-electron chi connectivity index (χ2n) is 6.83. The Bertz CT molecular complexity index is 782. The molecule has 0 amide bonds. The van der Waals surface area contributed by atoms with Crippen molar-refractivity contribution in [3.05, 3.63) is 46.8 Å². The fourth-order valence-corrected chi connectivity index (χ4v) is 4.97. The summed E-state index contributed by atoms with van der Waals surface area (Å²) in [5, 5.41) is 14.3. The van der Waals surface area contributed by atoms with E-state index in [0.29, 0.717) is 18.2 Å². The molecule has 6 heteroatoms. The van der Waals surface area contributed by atoms with Crippen molar-refractivity contribution in [2.75, 3.05) is 6.61 Å². The predicted molar refractivity (Wildman–Crippen MR) is 99.8 cm³/mol. The topological polar surface area (TPSA) is 51.1 Å². The smallest absolute Gasteiger partial charge is 0.161 e. The Morgan fingerprint density at radius 3 is 2.76 bits per heavy atom. The van der Waals surface area contributed by atoms with Crippen molar-refractivity contribution in [1.29, 1.82) is 0 Å². The largest absolute Gasteiger partial charge is 0.411 e. The lowest BCUT2D eigenvalue weighted by Crippen LogP contribution is -2.24. The van der Waals surface area contributed by atoms with Crippen LogP contribution < -0.4 is 0 Å². The number of thiophene rings is 1. The summed E-state index contributed by atoms with van der Waals surface area (Å²) < 4.78 is 13.3. The van der Waals surface area contributed by atoms with Gasteiger partial charge in [-0.2, -0.15) is 0 Å². The Balaban J connectivity index is 1.44. The van der Waals surface area contributed by atoms with E-state index in [9.17, 15) is 0 Å². The summed E-state index contributed by atoms with van der Waals surface area (Å²) in [5.74, 6) is 0.596. The molecule has 0 radical (unpaired) electrons. The van der Waals surface area contributed by atoms with Gasteiger partial charge in [-0.25, -0.2) is 0 Å². The number of nitrogens with zero attached hydrogens (tertiary/aromatic N) is 1. The minimum Gasteiger partial charge on any atom is -0.411 e. The van der Waals surface area contributed by atoms with E-state index in [4.69, 9.17) is 14.7 Å². The molecule has 4 rings (SSSR count). The van der Waals surface area contributed by atoms with Crippen molar-refractivity contribution < 1.29 is 14.7 Å². The highest BCUT2D eigenvalue weighted by Gasteiger charge is 2.45. The first kappa shape index (κ1) is 17.1. The number of benzene rings is 1. The van der Waals surface area contributed by atoms with Gasteiger partial charge in [0, 0.05) is 10.8 Å². The molecule has 1 aromatic heterocycles. The standard InChI is InChI=1S/C19H21NO3S2/c1-12(20-21)13-5-7-16(8-6-13)25-17-9-15(10-24-17)19(2)11-22-18(23-19)14-3-4-14/h5-10,14,18,21H,3-4,11H2,1-2H3. The fraction of sp³-hybridized carbons (Fsp3) is 0.421. The summed E-state index contributed by atoms with van der Waals surface area (Å²) in [6.07, 6.45) is 2.43. The highest BCUT2D eigenvalue weighted by atomic mass is 32.2. The maximum atomic E-state index is 8.84. The van der Waals surface area contributed by atoms with Crippen LogP contribution in [0.4, 0.5) is 0 Å². The molecular formula is C19H21NO3S2. The highest BCUT2D eigenvalue weighted by Crippen LogP contribution is 2.45. The van der Waals surface area contributed by atoms with Gasteiger partial charge in [0.25, 0.3) is 0 Å². The molecule has 1 aromatic carbocycles. The first-order chi connectivity index (χ1) is 12.1. The van der Waals surface area contributed by atoms with E-state index in [1.54, 1.807) is 30.0 Å². The molecular weight excluding hydrogens is 354 g/mol. The molecule has 25 heavy (non-hydrogen) atoms. The Kier molecular flexibility index (Phi) is 4.62. The number of hydrogen-bond donors (Lipinski definition) is 1. The molecule has 2 heterocycles. The van der Waals surface area contributed by atoms with Crippen LogP contribution in [0.1, 0.15) is 37.8 Å². The maximum Gasteiger partial charge on any atom is 0.161 e. The van der Waals surface area contributed by atoms with E-state index in [2.05, 4.69) is 23.5 Å². The monoisotopic (exact) mass is 375 g/mol. The van der Waals surface area contributed by atoms with Crippen LogP contribution in [0.25, 0.3) is 0 Å². The van der Waals surface area contributed by atoms with Crippen molar-refractivity contribution in [1.82, 2.24) is 0 Å². The van der Waals surface area contributed by atoms with Crippen LogP contribution in [0, 0.1) is 5.92 Å². The van der Waals surface area contributed by atoms with Gasteiger partial charge in [0.1, 0.15) is 5.60 Å². The zero-order chi connectivity index (χ0) is 17.4. The summed E-state index contributed by atoms with van der Waals surface area (Å²) in [6, 6.07) is 10.3. The zero-order valence-electron chi connectivity index (χ0n) is 14.3. The third-order valence-electron chi connectivity index (χ3n) is 4.73. The van der Waals surface area contributed by atoms with E-state index in [-0.39, 0.29) is 11.9 Å². The molecule has 1 aliphatic carbocycles. The number of oxime groups is 1. The summed E-state index contributed by atoms with van der Waals surface area (Å²) >= 11 is 3.47. The van der Waals surface area contributed by atoms with E-state index in [0.717, 1.165) is 10.5 Å². The third-order valence-corrected chi connectivity index (χ3v) is 6.82. The first-order valence-corrected chi connectivity index (χ1v) is 10.1. The van der Waals surface area contributed by atoms with Crippen molar-refractivity contribution in [3.63, 3.8) is 0 Å². The van der Waals surface area contributed by atoms with Gasteiger partial charge >= 0.3 is 0 Å². The summed E-state index contributed by atoms with van der Waals surface area (Å²) in [6.45, 7) is 4.54. The summed E-state index contributed by atoms with van der Waals surface area (Å²) in [7, 11) is 0. The predicted octanol–water partition coefficient (Wildman–Crippen LogP) is 5.10. The van der Waals surface area contributed by atoms with Gasteiger partial charge in [0.15, 0.2) is 6.29 Å². The molecule has 1 saturated heterocycles. The van der Waals surface area contributed by atoms with Crippen LogP contribution >= 0.6 is 23.1 Å². The Labute approximate surface area is 155 Å². The fourth-order valence-electron chi connectivity index (χ4n) is 2.90. The Morgan fingerprint density at radius 1 is 1.32 bits per heavy atom. The maximum absolute atomic E-state index is 8.84. The number of ether oxygens (including phenoxy) is 2. The average Bonchev–Trinajstić information content (AvgIpc) is 3.24. The molecule has 2 aromatic rings. The molecule has 0 bridgehead atoms. The lowest BCUT2D eigenvalue weighted by atomic mass is 10.0. The second kappa shape index (κ2) is 6.76. The van der Waals surface area contributed by atoms with Crippen LogP contribution in [0.2, 0.25) is 0 Å². The van der Waals surface area contributed by atoms with Gasteiger partial charge in [-0.15, -0.1) is 11.3 Å². The summed E-state index contributed by atoms with van der Waals surface area (Å²) in [4.78, 5) is 1.16. The molecule has 2 atom stereocenters. The minimum atomic E-state index is -0.332. The SMILES string of the molecule is CC(=NO)c1ccc(Sc2cc(C3(C)COC(C4CC4)O3)cs2)cc1.